The molecule has 2 aromatic carbocycles. The summed E-state index contributed by atoms with van der Waals surface area (Å²) in [5.41, 5.74) is 2.78. The van der Waals surface area contributed by atoms with Gasteiger partial charge in [0.15, 0.2) is 22.6 Å². The third-order valence-corrected chi connectivity index (χ3v) is 5.11. The van der Waals surface area contributed by atoms with Crippen molar-refractivity contribution in [3.05, 3.63) is 95.1 Å². The van der Waals surface area contributed by atoms with Gasteiger partial charge in [0.1, 0.15) is 5.82 Å². The second kappa shape index (κ2) is 9.41. The standard InChI is InChI=1S/C22H18F4N6S/c1-13-4-2-3-5-14(13)9-31-10-15(7-27-31)29-22(33)30-16-8-28-32(11-16)12-17-18(23)6-19(24)21(26)20(17)25/h2-8,10-11H,9,12H2,1H3,(H2,29,30,33). The van der Waals surface area contributed by atoms with Crippen LogP contribution in [0.1, 0.15) is 16.7 Å². The number of halogens is 4. The molecule has 2 heterocycles. The van der Waals surface area contributed by atoms with E-state index < -0.39 is 35.4 Å². The molecule has 2 N–H and O–H groups in total. The Kier molecular flexibility index (Phi) is 6.40. The van der Waals surface area contributed by atoms with Crippen molar-refractivity contribution < 1.29 is 17.6 Å². The minimum absolute atomic E-state index is 0.246. The third-order valence-electron chi connectivity index (χ3n) is 4.91. The van der Waals surface area contributed by atoms with Crippen LogP contribution in [0.25, 0.3) is 0 Å². The zero-order chi connectivity index (χ0) is 23.5. The SMILES string of the molecule is Cc1ccccc1Cn1cc(NC(=S)Nc2cnn(Cc3c(F)cc(F)c(F)c3F)c2)cn1. The number of rotatable bonds is 6. The molecule has 0 saturated heterocycles. The zero-order valence-electron chi connectivity index (χ0n) is 17.3. The van der Waals surface area contributed by atoms with Gasteiger partial charge < -0.3 is 10.6 Å². The summed E-state index contributed by atoms with van der Waals surface area (Å²) in [6.45, 7) is 2.22. The number of nitrogens with one attached hydrogen (secondary N) is 2. The highest BCUT2D eigenvalue weighted by Crippen LogP contribution is 2.20. The molecule has 0 aliphatic carbocycles. The van der Waals surface area contributed by atoms with Crippen molar-refractivity contribution >= 4 is 28.7 Å². The highest BCUT2D eigenvalue weighted by atomic mass is 32.1. The summed E-state index contributed by atoms with van der Waals surface area (Å²) < 4.78 is 57.2. The molecule has 11 heteroatoms. The van der Waals surface area contributed by atoms with Crippen LogP contribution in [0.3, 0.4) is 0 Å². The smallest absolute Gasteiger partial charge is 0.194 e. The minimum Gasteiger partial charge on any atom is -0.330 e. The first-order chi connectivity index (χ1) is 15.8. The number of anilines is 2. The number of hydrogen-bond donors (Lipinski definition) is 2. The van der Waals surface area contributed by atoms with E-state index in [1.54, 1.807) is 17.1 Å². The van der Waals surface area contributed by atoms with Gasteiger partial charge in [0.2, 0.25) is 0 Å². The molecule has 0 amide bonds. The van der Waals surface area contributed by atoms with Crippen molar-refractivity contribution in [1.82, 2.24) is 19.6 Å². The Labute approximate surface area is 191 Å². The maximum atomic E-state index is 13.9. The average Bonchev–Trinajstić information content (AvgIpc) is 3.40. The first kappa shape index (κ1) is 22.5. The lowest BCUT2D eigenvalue weighted by Gasteiger charge is -2.08. The van der Waals surface area contributed by atoms with Gasteiger partial charge in [-0.1, -0.05) is 24.3 Å². The molecule has 2 aromatic heterocycles. The van der Waals surface area contributed by atoms with E-state index in [0.29, 0.717) is 24.0 Å². The second-order valence-corrected chi connectivity index (χ2v) is 7.71. The van der Waals surface area contributed by atoms with Gasteiger partial charge in [0.05, 0.1) is 36.9 Å². The molecule has 0 radical (unpaired) electrons. The van der Waals surface area contributed by atoms with Crippen molar-refractivity contribution in [3.63, 3.8) is 0 Å². The van der Waals surface area contributed by atoms with E-state index in [1.807, 2.05) is 31.2 Å². The fourth-order valence-corrected chi connectivity index (χ4v) is 3.43. The Morgan fingerprint density at radius 1 is 0.879 bits per heavy atom. The lowest BCUT2D eigenvalue weighted by atomic mass is 10.1. The normalized spacial score (nSPS) is 10.9. The molecule has 0 saturated carbocycles. The van der Waals surface area contributed by atoms with Gasteiger partial charge in [-0.15, -0.1) is 0 Å². The number of benzene rings is 2. The van der Waals surface area contributed by atoms with Gasteiger partial charge in [-0.3, -0.25) is 9.36 Å². The first-order valence-electron chi connectivity index (χ1n) is 9.79. The molecule has 0 aliphatic rings. The van der Waals surface area contributed by atoms with E-state index in [9.17, 15) is 17.6 Å². The van der Waals surface area contributed by atoms with E-state index in [0.717, 1.165) is 5.56 Å². The van der Waals surface area contributed by atoms with E-state index >= 15 is 0 Å². The Morgan fingerprint density at radius 3 is 2.12 bits per heavy atom. The molecule has 4 aromatic rings. The molecule has 0 fully saturated rings. The van der Waals surface area contributed by atoms with Gasteiger partial charge in [-0.25, -0.2) is 17.6 Å². The minimum atomic E-state index is -1.73. The molecule has 0 atom stereocenters. The van der Waals surface area contributed by atoms with E-state index in [2.05, 4.69) is 20.8 Å². The summed E-state index contributed by atoms with van der Waals surface area (Å²) >= 11 is 5.28. The van der Waals surface area contributed by atoms with Gasteiger partial charge in [0.25, 0.3) is 0 Å². The van der Waals surface area contributed by atoms with Crippen molar-refractivity contribution in [2.45, 2.75) is 20.0 Å². The Hall–Kier alpha value is -3.73. The number of nitrogens with zero attached hydrogens (tertiary/aromatic N) is 4. The van der Waals surface area contributed by atoms with Gasteiger partial charge in [0, 0.05) is 24.0 Å². The largest absolute Gasteiger partial charge is 0.330 e. The highest BCUT2D eigenvalue weighted by molar-refractivity contribution is 7.80. The van der Waals surface area contributed by atoms with Crippen LogP contribution >= 0.6 is 12.2 Å². The first-order valence-corrected chi connectivity index (χ1v) is 10.2. The molecule has 0 spiro atoms. The number of thiocarbonyl (C=S) groups is 1. The van der Waals surface area contributed by atoms with Gasteiger partial charge in [-0.2, -0.15) is 10.2 Å². The van der Waals surface area contributed by atoms with E-state index in [-0.39, 0.29) is 5.11 Å². The predicted molar refractivity (Wildman–Crippen MR) is 120 cm³/mol. The Bertz CT molecular complexity index is 1320. The lowest BCUT2D eigenvalue weighted by molar-refractivity contribution is 0.420. The van der Waals surface area contributed by atoms with Crippen molar-refractivity contribution in [2.75, 3.05) is 10.6 Å². The summed E-state index contributed by atoms with van der Waals surface area (Å²) in [6, 6.07) is 8.32. The summed E-state index contributed by atoms with van der Waals surface area (Å²) in [7, 11) is 0. The lowest BCUT2D eigenvalue weighted by Crippen LogP contribution is -2.18. The summed E-state index contributed by atoms with van der Waals surface area (Å²) in [6.07, 6.45) is 6.24. The van der Waals surface area contributed by atoms with Crippen molar-refractivity contribution in [3.8, 4) is 0 Å². The van der Waals surface area contributed by atoms with Crippen LogP contribution in [0.15, 0.2) is 55.1 Å². The number of aromatic nitrogens is 4. The summed E-state index contributed by atoms with van der Waals surface area (Å²) in [5.74, 6) is -6.10. The van der Waals surface area contributed by atoms with E-state index in [4.69, 9.17) is 12.2 Å². The molecule has 0 aliphatic heterocycles. The molecule has 170 valence electrons. The average molecular weight is 474 g/mol. The fraction of sp³-hybridized carbons (Fsp3) is 0.136. The zero-order valence-corrected chi connectivity index (χ0v) is 18.1. The molecule has 33 heavy (non-hydrogen) atoms. The molecule has 6 nitrogen and oxygen atoms in total. The summed E-state index contributed by atoms with van der Waals surface area (Å²) in [4.78, 5) is 0. The fourth-order valence-electron chi connectivity index (χ4n) is 3.20. The van der Waals surface area contributed by atoms with Gasteiger partial charge in [-0.05, 0) is 30.3 Å². The molecular weight excluding hydrogens is 456 g/mol. The van der Waals surface area contributed by atoms with Gasteiger partial charge >= 0.3 is 0 Å². The third kappa shape index (κ3) is 5.20. The maximum Gasteiger partial charge on any atom is 0.194 e. The molecule has 4 rings (SSSR count). The number of aryl methyl sites for hydroxylation is 1. The van der Waals surface area contributed by atoms with Crippen LogP contribution in [0.2, 0.25) is 0 Å². The van der Waals surface area contributed by atoms with Crippen LogP contribution < -0.4 is 10.6 Å². The van der Waals surface area contributed by atoms with Crippen LogP contribution in [0.5, 0.6) is 0 Å². The monoisotopic (exact) mass is 474 g/mol. The number of hydrogen-bond acceptors (Lipinski definition) is 3. The quantitative estimate of drug-likeness (QED) is 0.181. The summed E-state index contributed by atoms with van der Waals surface area (Å²) in [5, 5.41) is 14.4. The maximum absolute atomic E-state index is 13.9. The molecular formula is C22H18F4N6S. The van der Waals surface area contributed by atoms with Crippen LogP contribution in [-0.4, -0.2) is 24.7 Å². The van der Waals surface area contributed by atoms with Crippen molar-refractivity contribution in [1.29, 1.82) is 0 Å². The molecule has 0 unspecified atom stereocenters. The second-order valence-electron chi connectivity index (χ2n) is 7.31. The van der Waals surface area contributed by atoms with Crippen LogP contribution in [-0.2, 0) is 13.1 Å². The highest BCUT2D eigenvalue weighted by Gasteiger charge is 2.19. The molecule has 0 bridgehead atoms. The predicted octanol–water partition coefficient (Wildman–Crippen LogP) is 4.85. The van der Waals surface area contributed by atoms with Crippen molar-refractivity contribution in [2.24, 2.45) is 0 Å². The topological polar surface area (TPSA) is 59.7 Å². The van der Waals surface area contributed by atoms with E-state index in [1.165, 1.54) is 22.6 Å². The Balaban J connectivity index is 1.37. The van der Waals surface area contributed by atoms with Crippen LogP contribution in [0, 0.1) is 30.2 Å². The van der Waals surface area contributed by atoms with Crippen LogP contribution in [0.4, 0.5) is 28.9 Å². The Morgan fingerprint density at radius 2 is 1.48 bits per heavy atom.